The van der Waals surface area contributed by atoms with Gasteiger partial charge in [-0.2, -0.15) is 0 Å². The molecule has 1 nitrogen and oxygen atoms in total. The summed E-state index contributed by atoms with van der Waals surface area (Å²) in [5, 5.41) is 0. The van der Waals surface area contributed by atoms with Gasteiger partial charge in [-0.15, -0.1) is 0 Å². The average Bonchev–Trinajstić information content (AvgIpc) is 2.73. The van der Waals surface area contributed by atoms with Crippen molar-refractivity contribution in [3.05, 3.63) is 42.1 Å². The summed E-state index contributed by atoms with van der Waals surface area (Å²) in [5.74, 6) is 0. The molecule has 0 saturated heterocycles. The molecule has 0 atom stereocenters. The van der Waals surface area contributed by atoms with Gasteiger partial charge in [-0.1, -0.05) is 127 Å². The summed E-state index contributed by atoms with van der Waals surface area (Å²) in [7, 11) is 0. The van der Waals surface area contributed by atoms with Crippen molar-refractivity contribution in [1.82, 2.24) is 0 Å². The highest BCUT2D eigenvalue weighted by molar-refractivity contribution is 5.49. The van der Waals surface area contributed by atoms with Gasteiger partial charge in [-0.3, -0.25) is 0 Å². The SMILES string of the molecule is CCCCCCCCCCCCCCCCCCN(C=C(C)C)c1ccccc1. The lowest BCUT2D eigenvalue weighted by Gasteiger charge is -2.21. The van der Waals surface area contributed by atoms with Gasteiger partial charge in [0.05, 0.1) is 0 Å². The molecule has 0 aliphatic heterocycles. The Hall–Kier alpha value is -1.24. The fraction of sp³-hybridized carbons (Fsp3) is 0.714. The minimum atomic E-state index is 1.13. The zero-order chi connectivity index (χ0) is 21.0. The van der Waals surface area contributed by atoms with Crippen LogP contribution in [-0.4, -0.2) is 6.54 Å². The lowest BCUT2D eigenvalue weighted by atomic mass is 10.0. The minimum Gasteiger partial charge on any atom is -0.348 e. The largest absolute Gasteiger partial charge is 0.348 e. The third-order valence-corrected chi connectivity index (χ3v) is 5.75. The standard InChI is InChI=1S/C28H49N/c1-4-5-6-7-8-9-10-11-12-13-14-15-16-17-18-22-25-29(26-27(2)3)28-23-20-19-21-24-28/h19-21,23-24,26H,4-18,22,25H2,1-3H3. The highest BCUT2D eigenvalue weighted by Crippen LogP contribution is 2.17. The van der Waals surface area contributed by atoms with E-state index in [-0.39, 0.29) is 0 Å². The predicted molar refractivity (Wildman–Crippen MR) is 133 cm³/mol. The zero-order valence-corrected chi connectivity index (χ0v) is 19.9. The van der Waals surface area contributed by atoms with E-state index >= 15 is 0 Å². The summed E-state index contributed by atoms with van der Waals surface area (Å²) < 4.78 is 0. The molecular weight excluding hydrogens is 350 g/mol. The molecular formula is C28H49N. The molecule has 0 unspecified atom stereocenters. The summed E-state index contributed by atoms with van der Waals surface area (Å²) >= 11 is 0. The zero-order valence-electron chi connectivity index (χ0n) is 19.9. The number of rotatable bonds is 19. The van der Waals surface area contributed by atoms with Crippen LogP contribution in [0, 0.1) is 0 Å². The Morgan fingerprint density at radius 1 is 0.621 bits per heavy atom. The van der Waals surface area contributed by atoms with Gasteiger partial charge in [0.25, 0.3) is 0 Å². The van der Waals surface area contributed by atoms with Crippen LogP contribution in [0.5, 0.6) is 0 Å². The first-order chi connectivity index (χ1) is 14.2. The van der Waals surface area contributed by atoms with Crippen molar-refractivity contribution in [1.29, 1.82) is 0 Å². The highest BCUT2D eigenvalue weighted by atomic mass is 15.1. The minimum absolute atomic E-state index is 1.13. The lowest BCUT2D eigenvalue weighted by molar-refractivity contribution is 0.530. The predicted octanol–water partition coefficient (Wildman–Crippen LogP) is 9.68. The molecule has 1 heteroatoms. The molecule has 0 aromatic heterocycles. The second-order valence-corrected chi connectivity index (χ2v) is 9.04. The number of unbranched alkanes of at least 4 members (excludes halogenated alkanes) is 15. The maximum absolute atomic E-state index is 2.42. The van der Waals surface area contributed by atoms with E-state index in [4.69, 9.17) is 0 Å². The van der Waals surface area contributed by atoms with Gasteiger partial charge >= 0.3 is 0 Å². The molecule has 1 aromatic rings. The van der Waals surface area contributed by atoms with E-state index in [0.717, 1.165) is 6.54 Å². The molecule has 0 spiro atoms. The van der Waals surface area contributed by atoms with E-state index < -0.39 is 0 Å². The molecule has 29 heavy (non-hydrogen) atoms. The van der Waals surface area contributed by atoms with Crippen molar-refractivity contribution in [2.24, 2.45) is 0 Å². The lowest BCUT2D eigenvalue weighted by Crippen LogP contribution is -2.17. The van der Waals surface area contributed by atoms with E-state index in [1.165, 1.54) is 114 Å². The maximum Gasteiger partial charge on any atom is 0.0406 e. The number of hydrogen-bond acceptors (Lipinski definition) is 1. The van der Waals surface area contributed by atoms with Crippen LogP contribution in [0.4, 0.5) is 5.69 Å². The molecule has 0 amide bonds. The van der Waals surface area contributed by atoms with Crippen LogP contribution in [0.25, 0.3) is 0 Å². The van der Waals surface area contributed by atoms with Crippen LogP contribution in [0.3, 0.4) is 0 Å². The van der Waals surface area contributed by atoms with E-state index in [1.54, 1.807) is 0 Å². The van der Waals surface area contributed by atoms with E-state index in [9.17, 15) is 0 Å². The Morgan fingerprint density at radius 2 is 1.03 bits per heavy atom. The van der Waals surface area contributed by atoms with E-state index in [1.807, 2.05) is 0 Å². The molecule has 0 saturated carbocycles. The maximum atomic E-state index is 2.42. The van der Waals surface area contributed by atoms with Crippen molar-refractivity contribution in [3.8, 4) is 0 Å². The van der Waals surface area contributed by atoms with Crippen LogP contribution in [0.2, 0.25) is 0 Å². The fourth-order valence-electron chi connectivity index (χ4n) is 4.03. The highest BCUT2D eigenvalue weighted by Gasteiger charge is 2.03. The second kappa shape index (κ2) is 18.8. The van der Waals surface area contributed by atoms with Crippen LogP contribution >= 0.6 is 0 Å². The van der Waals surface area contributed by atoms with Crippen molar-refractivity contribution in [2.45, 2.75) is 124 Å². The molecule has 0 aliphatic carbocycles. The Bertz CT molecular complexity index is 486. The smallest absolute Gasteiger partial charge is 0.0406 e. The third-order valence-electron chi connectivity index (χ3n) is 5.75. The first kappa shape index (κ1) is 25.8. The molecule has 1 rings (SSSR count). The monoisotopic (exact) mass is 399 g/mol. The topological polar surface area (TPSA) is 3.24 Å². The molecule has 0 heterocycles. The van der Waals surface area contributed by atoms with Crippen molar-refractivity contribution >= 4 is 5.69 Å². The summed E-state index contributed by atoms with van der Waals surface area (Å²) in [6.45, 7) is 7.80. The van der Waals surface area contributed by atoms with Crippen LogP contribution in [0.1, 0.15) is 124 Å². The number of allylic oxidation sites excluding steroid dienone is 1. The second-order valence-electron chi connectivity index (χ2n) is 9.04. The first-order valence-electron chi connectivity index (χ1n) is 12.7. The summed E-state index contributed by atoms with van der Waals surface area (Å²) in [6.07, 6.45) is 25.1. The molecule has 0 radical (unpaired) electrons. The molecule has 0 N–H and O–H groups in total. The molecule has 1 aromatic carbocycles. The normalized spacial score (nSPS) is 10.9. The summed E-state index contributed by atoms with van der Waals surface area (Å²) in [5.41, 5.74) is 2.68. The summed E-state index contributed by atoms with van der Waals surface area (Å²) in [4.78, 5) is 2.42. The van der Waals surface area contributed by atoms with Gasteiger partial charge in [0.2, 0.25) is 0 Å². The summed E-state index contributed by atoms with van der Waals surface area (Å²) in [6, 6.07) is 10.8. The van der Waals surface area contributed by atoms with Crippen LogP contribution < -0.4 is 4.90 Å². The molecule has 0 aliphatic rings. The number of anilines is 1. The van der Waals surface area contributed by atoms with Gasteiger partial charge in [0, 0.05) is 18.4 Å². The Kier molecular flexibility index (Phi) is 16.7. The van der Waals surface area contributed by atoms with Crippen LogP contribution in [-0.2, 0) is 0 Å². The number of nitrogens with zero attached hydrogens (tertiary/aromatic N) is 1. The fourth-order valence-corrected chi connectivity index (χ4v) is 4.03. The van der Waals surface area contributed by atoms with Gasteiger partial charge in [-0.25, -0.2) is 0 Å². The van der Waals surface area contributed by atoms with Gasteiger partial charge < -0.3 is 4.90 Å². The van der Waals surface area contributed by atoms with Crippen molar-refractivity contribution in [3.63, 3.8) is 0 Å². The quantitative estimate of drug-likeness (QED) is 0.209. The molecule has 166 valence electrons. The average molecular weight is 400 g/mol. The van der Waals surface area contributed by atoms with E-state index in [2.05, 4.69) is 62.2 Å². The number of hydrogen-bond donors (Lipinski definition) is 0. The number of benzene rings is 1. The van der Waals surface area contributed by atoms with E-state index in [0.29, 0.717) is 0 Å². The van der Waals surface area contributed by atoms with Gasteiger partial charge in [-0.05, 0) is 32.4 Å². The Morgan fingerprint density at radius 3 is 1.45 bits per heavy atom. The van der Waals surface area contributed by atoms with Crippen molar-refractivity contribution < 1.29 is 0 Å². The molecule has 0 bridgehead atoms. The number of para-hydroxylation sites is 1. The van der Waals surface area contributed by atoms with Crippen LogP contribution in [0.15, 0.2) is 42.1 Å². The van der Waals surface area contributed by atoms with Crippen molar-refractivity contribution in [2.75, 3.05) is 11.4 Å². The van der Waals surface area contributed by atoms with Gasteiger partial charge in [0.15, 0.2) is 0 Å². The third kappa shape index (κ3) is 15.3. The first-order valence-corrected chi connectivity index (χ1v) is 12.7. The Labute approximate surface area is 183 Å². The molecule has 0 fully saturated rings. The Balaban J connectivity index is 1.93. The van der Waals surface area contributed by atoms with Gasteiger partial charge in [0.1, 0.15) is 0 Å².